The molecule has 2 aliphatic carbocycles. The van der Waals surface area contributed by atoms with Crippen LogP contribution >= 0.6 is 0 Å². The van der Waals surface area contributed by atoms with E-state index in [1.165, 1.54) is 0 Å². The van der Waals surface area contributed by atoms with Gasteiger partial charge in [0.1, 0.15) is 12.1 Å². The Kier molecular flexibility index (Phi) is 2.43. The third-order valence-electron chi connectivity index (χ3n) is 3.81. The molecule has 0 heterocycles. The summed E-state index contributed by atoms with van der Waals surface area (Å²) in [5, 5.41) is 10.3. The van der Waals surface area contributed by atoms with Crippen LogP contribution in [0.15, 0.2) is 0 Å². The second-order valence-electron chi connectivity index (χ2n) is 4.65. The number of hydrogen-bond acceptors (Lipinski definition) is 3. The van der Waals surface area contributed by atoms with Crippen molar-refractivity contribution in [2.45, 2.75) is 44.1 Å². The third-order valence-corrected chi connectivity index (χ3v) is 3.81. The summed E-state index contributed by atoms with van der Waals surface area (Å²) in [4.78, 5) is 22.1. The zero-order valence-electron chi connectivity index (χ0n) is 8.24. The summed E-state index contributed by atoms with van der Waals surface area (Å²) >= 11 is 0. The molecule has 2 saturated carbocycles. The lowest BCUT2D eigenvalue weighted by molar-refractivity contribution is -0.144. The molecule has 0 aromatic carbocycles. The molecular weight excluding hydrogens is 180 g/mol. The van der Waals surface area contributed by atoms with Crippen LogP contribution in [0.25, 0.3) is 0 Å². The monoisotopic (exact) mass is 196 g/mol. The predicted octanol–water partition coefficient (Wildman–Crippen LogP) is 1.09. The number of carbonyl (C=O) groups excluding carboxylic acids is 2. The van der Waals surface area contributed by atoms with Crippen molar-refractivity contribution in [3.8, 4) is 0 Å². The molecule has 0 saturated heterocycles. The fourth-order valence-corrected chi connectivity index (χ4v) is 2.95. The van der Waals surface area contributed by atoms with Gasteiger partial charge in [-0.1, -0.05) is 0 Å². The molecule has 0 amide bonds. The zero-order valence-corrected chi connectivity index (χ0v) is 8.24. The van der Waals surface area contributed by atoms with Crippen LogP contribution in [0.2, 0.25) is 0 Å². The first-order valence-corrected chi connectivity index (χ1v) is 5.35. The van der Waals surface area contributed by atoms with Crippen molar-refractivity contribution in [1.29, 1.82) is 0 Å². The van der Waals surface area contributed by atoms with Crippen molar-refractivity contribution < 1.29 is 14.7 Å². The van der Waals surface area contributed by atoms with Crippen molar-refractivity contribution in [2.75, 3.05) is 0 Å². The lowest BCUT2D eigenvalue weighted by Gasteiger charge is -2.45. The molecule has 2 fully saturated rings. The first-order valence-electron chi connectivity index (χ1n) is 5.35. The van der Waals surface area contributed by atoms with Crippen molar-refractivity contribution in [2.24, 2.45) is 11.8 Å². The molecule has 0 unspecified atom stereocenters. The molecule has 1 N–H and O–H groups in total. The van der Waals surface area contributed by atoms with Crippen LogP contribution in [-0.4, -0.2) is 22.8 Å². The summed E-state index contributed by atoms with van der Waals surface area (Å²) in [6, 6.07) is 0. The molecule has 2 aliphatic rings. The number of fused-ring (bicyclic) bond motifs is 1. The summed E-state index contributed by atoms with van der Waals surface area (Å²) in [5.74, 6) is 0.00132. The Hall–Kier alpha value is -0.700. The van der Waals surface area contributed by atoms with Gasteiger partial charge in [0, 0.05) is 24.7 Å². The highest BCUT2D eigenvalue weighted by Gasteiger charge is 2.47. The van der Waals surface area contributed by atoms with E-state index in [1.54, 1.807) is 0 Å². The molecule has 0 spiro atoms. The summed E-state index contributed by atoms with van der Waals surface area (Å²) in [7, 11) is 0. The van der Waals surface area contributed by atoms with Gasteiger partial charge in [0.15, 0.2) is 0 Å². The maximum atomic E-state index is 11.3. The maximum Gasteiger partial charge on any atom is 0.133 e. The second-order valence-corrected chi connectivity index (χ2v) is 4.65. The summed E-state index contributed by atoms with van der Waals surface area (Å²) in [6.07, 6.45) is 4.87. The molecule has 0 radical (unpaired) electrons. The van der Waals surface area contributed by atoms with E-state index in [4.69, 9.17) is 0 Å². The smallest absolute Gasteiger partial charge is 0.133 e. The average Bonchev–Trinajstić information content (AvgIpc) is 2.18. The lowest BCUT2D eigenvalue weighted by atomic mass is 9.62. The van der Waals surface area contributed by atoms with Gasteiger partial charge in [0.25, 0.3) is 0 Å². The Morgan fingerprint density at radius 1 is 1.43 bits per heavy atom. The van der Waals surface area contributed by atoms with Crippen LogP contribution in [-0.2, 0) is 9.59 Å². The number of aldehydes is 1. The largest absolute Gasteiger partial charge is 0.390 e. The van der Waals surface area contributed by atoms with Crippen LogP contribution in [0.3, 0.4) is 0 Å². The van der Waals surface area contributed by atoms with E-state index in [0.717, 1.165) is 25.5 Å². The number of hydrogen-bond donors (Lipinski definition) is 1. The van der Waals surface area contributed by atoms with E-state index in [-0.39, 0.29) is 17.6 Å². The van der Waals surface area contributed by atoms with Crippen LogP contribution in [0.4, 0.5) is 0 Å². The SMILES string of the molecule is O=C[C@@H]1CCC[C@]2(O)CCC(=O)C[C@H]12. The predicted molar refractivity (Wildman–Crippen MR) is 50.7 cm³/mol. The first kappa shape index (κ1) is 9.84. The van der Waals surface area contributed by atoms with Crippen LogP contribution in [0, 0.1) is 11.8 Å². The van der Waals surface area contributed by atoms with Crippen molar-refractivity contribution >= 4 is 12.1 Å². The van der Waals surface area contributed by atoms with E-state index in [2.05, 4.69) is 0 Å². The lowest BCUT2D eigenvalue weighted by Crippen LogP contribution is -2.49. The van der Waals surface area contributed by atoms with Crippen molar-refractivity contribution in [3.63, 3.8) is 0 Å². The molecule has 2 rings (SSSR count). The molecule has 0 aromatic rings. The highest BCUT2D eigenvalue weighted by Crippen LogP contribution is 2.44. The molecule has 0 bridgehead atoms. The quantitative estimate of drug-likeness (QED) is 0.638. The number of carbonyl (C=O) groups is 2. The molecule has 3 nitrogen and oxygen atoms in total. The minimum absolute atomic E-state index is 0.0991. The Morgan fingerprint density at radius 2 is 2.21 bits per heavy atom. The van der Waals surface area contributed by atoms with Gasteiger partial charge in [-0.05, 0) is 25.7 Å². The fourth-order valence-electron chi connectivity index (χ4n) is 2.95. The minimum Gasteiger partial charge on any atom is -0.390 e. The average molecular weight is 196 g/mol. The first-order chi connectivity index (χ1) is 6.65. The van der Waals surface area contributed by atoms with Gasteiger partial charge in [-0.15, -0.1) is 0 Å². The Bertz CT molecular complexity index is 261. The Balaban J connectivity index is 2.21. The molecular formula is C11H16O3. The topological polar surface area (TPSA) is 54.4 Å². The van der Waals surface area contributed by atoms with Crippen molar-refractivity contribution in [1.82, 2.24) is 0 Å². The molecule has 0 aromatic heterocycles. The van der Waals surface area contributed by atoms with Crippen molar-refractivity contribution in [3.05, 3.63) is 0 Å². The van der Waals surface area contributed by atoms with Gasteiger partial charge in [0.2, 0.25) is 0 Å². The molecule has 3 heteroatoms. The van der Waals surface area contributed by atoms with Gasteiger partial charge in [0.05, 0.1) is 5.60 Å². The van der Waals surface area contributed by atoms with E-state index in [0.29, 0.717) is 19.3 Å². The standard InChI is InChI=1S/C11H16O3/c12-7-8-2-1-4-11(14)5-3-9(13)6-10(8)11/h7-8,10,14H,1-6H2/t8-,10+,11-/m0/s1. The highest BCUT2D eigenvalue weighted by atomic mass is 16.3. The maximum absolute atomic E-state index is 11.3. The van der Waals surface area contributed by atoms with Crippen LogP contribution in [0.5, 0.6) is 0 Å². The fraction of sp³-hybridized carbons (Fsp3) is 0.818. The Labute approximate surface area is 83.5 Å². The van der Waals surface area contributed by atoms with Gasteiger partial charge in [-0.3, -0.25) is 4.79 Å². The molecule has 0 aliphatic heterocycles. The van der Waals surface area contributed by atoms with E-state index < -0.39 is 5.60 Å². The number of Topliss-reactive ketones (excluding diaryl/α,β-unsaturated/α-hetero) is 1. The van der Waals surface area contributed by atoms with Gasteiger partial charge in [-0.2, -0.15) is 0 Å². The van der Waals surface area contributed by atoms with Gasteiger partial charge < -0.3 is 9.90 Å². The second kappa shape index (κ2) is 3.46. The van der Waals surface area contributed by atoms with Crippen LogP contribution < -0.4 is 0 Å². The molecule has 14 heavy (non-hydrogen) atoms. The summed E-state index contributed by atoms with van der Waals surface area (Å²) in [6.45, 7) is 0. The Morgan fingerprint density at radius 3 is 2.93 bits per heavy atom. The number of ketones is 1. The van der Waals surface area contributed by atoms with E-state index >= 15 is 0 Å². The third kappa shape index (κ3) is 1.50. The minimum atomic E-state index is -0.724. The van der Waals surface area contributed by atoms with Gasteiger partial charge >= 0.3 is 0 Å². The van der Waals surface area contributed by atoms with Crippen LogP contribution in [0.1, 0.15) is 38.5 Å². The molecule has 78 valence electrons. The molecule has 3 atom stereocenters. The summed E-state index contributed by atoms with van der Waals surface area (Å²) in [5.41, 5.74) is -0.724. The van der Waals surface area contributed by atoms with E-state index in [9.17, 15) is 14.7 Å². The highest BCUT2D eigenvalue weighted by molar-refractivity contribution is 5.80. The van der Waals surface area contributed by atoms with E-state index in [1.807, 2.05) is 0 Å². The summed E-state index contributed by atoms with van der Waals surface area (Å²) < 4.78 is 0. The zero-order chi connectivity index (χ0) is 10.2. The number of aliphatic hydroxyl groups is 1. The normalized spacial score (nSPS) is 43.1. The number of rotatable bonds is 1. The van der Waals surface area contributed by atoms with Gasteiger partial charge in [-0.25, -0.2) is 0 Å².